The van der Waals surface area contributed by atoms with E-state index in [1.54, 1.807) is 11.1 Å². The minimum atomic E-state index is 1.31. The van der Waals surface area contributed by atoms with Gasteiger partial charge in [-0.15, -0.1) is 0 Å². The molecule has 0 radical (unpaired) electrons. The molecule has 56 valence electrons. The van der Waals surface area contributed by atoms with Crippen LogP contribution in [-0.2, 0) is 0 Å². The summed E-state index contributed by atoms with van der Waals surface area (Å²) < 4.78 is 0. The Hall–Kier alpha value is -0.520. The van der Waals surface area contributed by atoms with Crippen molar-refractivity contribution >= 4 is 0 Å². The molecule has 10 heavy (non-hydrogen) atoms. The summed E-state index contributed by atoms with van der Waals surface area (Å²) in [5.41, 5.74) is 4.70. The van der Waals surface area contributed by atoms with Gasteiger partial charge < -0.3 is 0 Å². The van der Waals surface area contributed by atoms with Gasteiger partial charge in [0.25, 0.3) is 0 Å². The molecule has 0 aromatic carbocycles. The summed E-state index contributed by atoms with van der Waals surface area (Å²) in [6, 6.07) is 0. The van der Waals surface area contributed by atoms with Gasteiger partial charge in [0.15, 0.2) is 0 Å². The van der Waals surface area contributed by atoms with E-state index in [1.165, 1.54) is 24.8 Å². The minimum absolute atomic E-state index is 1.31. The third-order valence-electron chi connectivity index (χ3n) is 2.40. The van der Waals surface area contributed by atoms with E-state index in [1.807, 2.05) is 0 Å². The van der Waals surface area contributed by atoms with E-state index in [0.29, 0.717) is 0 Å². The molecule has 0 nitrogen and oxygen atoms in total. The monoisotopic (exact) mass is 136 g/mol. The number of hydrogen-bond donors (Lipinski definition) is 0. The maximum Gasteiger partial charge on any atom is -0.0274 e. The molecule has 1 aliphatic carbocycles. The molecule has 0 amide bonds. The Labute approximate surface area is 63.6 Å². The highest BCUT2D eigenvalue weighted by Crippen LogP contribution is 2.30. The first-order chi connectivity index (χ1) is 4.75. The zero-order valence-corrected chi connectivity index (χ0v) is 7.20. The van der Waals surface area contributed by atoms with E-state index >= 15 is 0 Å². The third kappa shape index (κ3) is 1.31. The first-order valence-corrected chi connectivity index (χ1v) is 4.07. The van der Waals surface area contributed by atoms with Gasteiger partial charge in [0.2, 0.25) is 0 Å². The molecule has 0 atom stereocenters. The average Bonchev–Trinajstić information content (AvgIpc) is 2.34. The lowest BCUT2D eigenvalue weighted by molar-refractivity contribution is 0.894. The standard InChI is InChI=1S/C10H16/c1-4-8(2)10-7-5-6-9(10)3/h4H,5-7H2,1-3H3/b8-4+. The first-order valence-electron chi connectivity index (χ1n) is 4.07. The highest BCUT2D eigenvalue weighted by Gasteiger charge is 2.10. The van der Waals surface area contributed by atoms with Gasteiger partial charge in [-0.1, -0.05) is 17.2 Å². The molecule has 0 heteroatoms. The van der Waals surface area contributed by atoms with Crippen LogP contribution in [0.1, 0.15) is 40.0 Å². The SMILES string of the molecule is C/C=C(\C)C1=C(C)CCC1. The highest BCUT2D eigenvalue weighted by atomic mass is 14.2. The van der Waals surface area contributed by atoms with Crippen LogP contribution in [0.5, 0.6) is 0 Å². The molecule has 0 spiro atoms. The Kier molecular flexibility index (Phi) is 2.31. The van der Waals surface area contributed by atoms with Crippen LogP contribution in [0, 0.1) is 0 Å². The second-order valence-corrected chi connectivity index (χ2v) is 3.08. The molecule has 0 heterocycles. The number of rotatable bonds is 1. The molecule has 0 bridgehead atoms. The van der Waals surface area contributed by atoms with Crippen LogP contribution >= 0.6 is 0 Å². The summed E-state index contributed by atoms with van der Waals surface area (Å²) in [6.45, 7) is 6.59. The zero-order valence-electron chi connectivity index (χ0n) is 7.20. The van der Waals surface area contributed by atoms with Crippen molar-refractivity contribution in [2.24, 2.45) is 0 Å². The van der Waals surface area contributed by atoms with Crippen LogP contribution in [0.4, 0.5) is 0 Å². The second-order valence-electron chi connectivity index (χ2n) is 3.08. The van der Waals surface area contributed by atoms with Gasteiger partial charge in [-0.25, -0.2) is 0 Å². The summed E-state index contributed by atoms with van der Waals surface area (Å²) in [6.07, 6.45) is 6.21. The normalized spacial score (nSPS) is 20.5. The quantitative estimate of drug-likeness (QED) is 0.518. The molecular weight excluding hydrogens is 120 g/mol. The van der Waals surface area contributed by atoms with Crippen LogP contribution in [0.15, 0.2) is 22.8 Å². The zero-order chi connectivity index (χ0) is 7.56. The van der Waals surface area contributed by atoms with Gasteiger partial charge in [-0.3, -0.25) is 0 Å². The van der Waals surface area contributed by atoms with E-state index in [2.05, 4.69) is 26.8 Å². The van der Waals surface area contributed by atoms with Gasteiger partial charge in [0, 0.05) is 0 Å². The highest BCUT2D eigenvalue weighted by molar-refractivity contribution is 5.35. The Bertz CT molecular complexity index is 182. The van der Waals surface area contributed by atoms with Gasteiger partial charge in [-0.05, 0) is 45.6 Å². The van der Waals surface area contributed by atoms with E-state index in [-0.39, 0.29) is 0 Å². The summed E-state index contributed by atoms with van der Waals surface area (Å²) in [5, 5.41) is 0. The van der Waals surface area contributed by atoms with Crippen molar-refractivity contribution < 1.29 is 0 Å². The molecular formula is C10H16. The minimum Gasteiger partial charge on any atom is -0.0844 e. The summed E-state index contributed by atoms with van der Waals surface area (Å²) in [4.78, 5) is 0. The van der Waals surface area contributed by atoms with E-state index < -0.39 is 0 Å². The van der Waals surface area contributed by atoms with Crippen molar-refractivity contribution in [2.45, 2.75) is 40.0 Å². The Morgan fingerprint density at radius 2 is 2.10 bits per heavy atom. The summed E-state index contributed by atoms with van der Waals surface area (Å²) in [5.74, 6) is 0. The lowest BCUT2D eigenvalue weighted by atomic mass is 10.0. The largest absolute Gasteiger partial charge is 0.0844 e. The molecule has 0 fully saturated rings. The van der Waals surface area contributed by atoms with Crippen LogP contribution in [0.25, 0.3) is 0 Å². The Morgan fingerprint density at radius 3 is 2.50 bits per heavy atom. The smallest absolute Gasteiger partial charge is 0.0274 e. The van der Waals surface area contributed by atoms with Gasteiger partial charge >= 0.3 is 0 Å². The molecule has 0 saturated heterocycles. The van der Waals surface area contributed by atoms with Crippen LogP contribution in [-0.4, -0.2) is 0 Å². The average molecular weight is 136 g/mol. The Morgan fingerprint density at radius 1 is 1.40 bits per heavy atom. The molecule has 0 saturated carbocycles. The van der Waals surface area contributed by atoms with E-state index in [0.717, 1.165) is 0 Å². The van der Waals surface area contributed by atoms with Gasteiger partial charge in [0.05, 0.1) is 0 Å². The topological polar surface area (TPSA) is 0 Å². The maximum atomic E-state index is 2.26. The third-order valence-corrected chi connectivity index (χ3v) is 2.40. The maximum absolute atomic E-state index is 2.26. The second kappa shape index (κ2) is 3.05. The molecule has 0 aromatic rings. The van der Waals surface area contributed by atoms with Crippen molar-refractivity contribution in [2.75, 3.05) is 0 Å². The Balaban J connectivity index is 2.81. The van der Waals surface area contributed by atoms with Crippen molar-refractivity contribution in [3.63, 3.8) is 0 Å². The van der Waals surface area contributed by atoms with Crippen LogP contribution in [0.2, 0.25) is 0 Å². The van der Waals surface area contributed by atoms with Crippen molar-refractivity contribution in [1.29, 1.82) is 0 Å². The lowest BCUT2D eigenvalue weighted by Gasteiger charge is -2.01. The van der Waals surface area contributed by atoms with Crippen molar-refractivity contribution in [1.82, 2.24) is 0 Å². The van der Waals surface area contributed by atoms with Crippen LogP contribution in [0.3, 0.4) is 0 Å². The number of hydrogen-bond acceptors (Lipinski definition) is 0. The predicted octanol–water partition coefficient (Wildman–Crippen LogP) is 3.45. The molecule has 0 unspecified atom stereocenters. The molecule has 0 N–H and O–H groups in total. The summed E-state index contributed by atoms with van der Waals surface area (Å²) in [7, 11) is 0. The molecule has 0 aromatic heterocycles. The van der Waals surface area contributed by atoms with Crippen molar-refractivity contribution in [3.05, 3.63) is 22.8 Å². The van der Waals surface area contributed by atoms with E-state index in [9.17, 15) is 0 Å². The van der Waals surface area contributed by atoms with Gasteiger partial charge in [-0.2, -0.15) is 0 Å². The van der Waals surface area contributed by atoms with Crippen LogP contribution < -0.4 is 0 Å². The fraction of sp³-hybridized carbons (Fsp3) is 0.600. The molecule has 1 aliphatic rings. The predicted molar refractivity (Wildman–Crippen MR) is 46.0 cm³/mol. The van der Waals surface area contributed by atoms with Crippen molar-refractivity contribution in [3.8, 4) is 0 Å². The number of allylic oxidation sites excluding steroid dienone is 4. The molecule has 0 aliphatic heterocycles. The fourth-order valence-electron chi connectivity index (χ4n) is 1.60. The lowest BCUT2D eigenvalue weighted by Crippen LogP contribution is -1.81. The fourth-order valence-corrected chi connectivity index (χ4v) is 1.60. The first kappa shape index (κ1) is 7.59. The molecule has 1 rings (SSSR count). The summed E-state index contributed by atoms with van der Waals surface area (Å²) >= 11 is 0. The van der Waals surface area contributed by atoms with Gasteiger partial charge in [0.1, 0.15) is 0 Å². The van der Waals surface area contributed by atoms with E-state index in [4.69, 9.17) is 0 Å².